The number of anilines is 8. The van der Waals surface area contributed by atoms with Gasteiger partial charge in [-0.2, -0.15) is 0 Å². The quantitative estimate of drug-likeness (QED) is 0.163. The van der Waals surface area contributed by atoms with Crippen molar-refractivity contribution in [1.82, 2.24) is 0 Å². The molecule has 0 aromatic heterocycles. The van der Waals surface area contributed by atoms with Crippen molar-refractivity contribution in [3.63, 3.8) is 0 Å². The van der Waals surface area contributed by atoms with Gasteiger partial charge < -0.3 is 14.7 Å². The minimum Gasteiger partial charge on any atom is -0.334 e. The van der Waals surface area contributed by atoms with Crippen molar-refractivity contribution in [2.75, 3.05) is 14.7 Å². The minimum atomic E-state index is -1.53. The molecule has 5 aliphatic rings. The maximum Gasteiger partial charge on any atom is 0.252 e. The molecule has 63 heavy (non-hydrogen) atoms. The standard InChI is InChI=1S/C58H66BN3Si/c1-54(2,3)37-32-38(55(4,5)6)34-40(33-37)61-48-25-19-22-45-52(48)59-51-44(56(45,7)8)21-18-24-47(51)60(39-26-28-42(29-27-39)63(11,12)13)49-35-41(36-50(61)53(49)59)62-46-23-15-14-20-43(46)57(9)30-16-17-31-58(57,62)10/h14-15,18-29,32-36H,16-17,30-31H2,1-13H3. The van der Waals surface area contributed by atoms with Crippen LogP contribution in [0.25, 0.3) is 0 Å². The van der Waals surface area contributed by atoms with E-state index in [1.165, 1.54) is 114 Å². The summed E-state index contributed by atoms with van der Waals surface area (Å²) in [4.78, 5) is 8.17. The Bertz CT molecular complexity index is 2860. The second kappa shape index (κ2) is 13.1. The molecule has 2 atom stereocenters. The zero-order valence-electron chi connectivity index (χ0n) is 40.2. The van der Waals surface area contributed by atoms with Crippen molar-refractivity contribution in [1.29, 1.82) is 0 Å². The number of nitrogens with zero attached hydrogens (tertiary/aromatic N) is 3. The van der Waals surface area contributed by atoms with Crippen LogP contribution >= 0.6 is 0 Å². The Hall–Kier alpha value is -5.00. The summed E-state index contributed by atoms with van der Waals surface area (Å²) in [5, 5.41) is 1.49. The maximum atomic E-state index is 2.80. The molecule has 5 heteroatoms. The minimum absolute atomic E-state index is 0.0281. The van der Waals surface area contributed by atoms with E-state index in [9.17, 15) is 0 Å². The Labute approximate surface area is 379 Å². The number of benzene rings is 6. The molecule has 0 bridgehead atoms. The SMILES string of the molecule is CC(C)(C)c1cc(N2c3cc(N4c5ccccc5C5(C)CCCCC45C)cc4c3B3c5c(cccc5C(C)(C)c5cccc2c53)N4c2ccc([Si](C)(C)C)cc2)cc(C(C)(C)C)c1. The van der Waals surface area contributed by atoms with Gasteiger partial charge in [0.1, 0.15) is 0 Å². The summed E-state index contributed by atoms with van der Waals surface area (Å²) in [6.07, 6.45) is 4.88. The smallest absolute Gasteiger partial charge is 0.252 e. The summed E-state index contributed by atoms with van der Waals surface area (Å²) >= 11 is 0. The van der Waals surface area contributed by atoms with Crippen LogP contribution in [0.15, 0.2) is 115 Å². The summed E-state index contributed by atoms with van der Waals surface area (Å²) in [5.41, 5.74) is 21.6. The third-order valence-corrected chi connectivity index (χ3v) is 18.7. The van der Waals surface area contributed by atoms with Crippen molar-refractivity contribution in [3.8, 4) is 0 Å². The van der Waals surface area contributed by atoms with Gasteiger partial charge in [-0.3, -0.25) is 0 Å². The molecule has 6 aromatic rings. The van der Waals surface area contributed by atoms with E-state index in [0.29, 0.717) is 0 Å². The third kappa shape index (κ3) is 5.57. The number of para-hydroxylation sites is 1. The van der Waals surface area contributed by atoms with Crippen LogP contribution in [0.3, 0.4) is 0 Å². The Kier molecular flexibility index (Phi) is 8.45. The highest BCUT2D eigenvalue weighted by atomic mass is 28.3. The second-order valence-corrected chi connectivity index (χ2v) is 28.9. The molecule has 4 heterocycles. The van der Waals surface area contributed by atoms with Gasteiger partial charge in [0, 0.05) is 56.3 Å². The van der Waals surface area contributed by atoms with Crippen LogP contribution in [0.1, 0.15) is 123 Å². The van der Waals surface area contributed by atoms with Crippen molar-refractivity contribution in [2.45, 2.75) is 142 Å². The third-order valence-electron chi connectivity index (χ3n) is 16.6. The van der Waals surface area contributed by atoms with E-state index < -0.39 is 8.07 Å². The molecule has 320 valence electrons. The Morgan fingerprint density at radius 2 is 1.00 bits per heavy atom. The van der Waals surface area contributed by atoms with Crippen molar-refractivity contribution >= 4 is 81.9 Å². The number of hydrogen-bond donors (Lipinski definition) is 0. The van der Waals surface area contributed by atoms with Gasteiger partial charge in [-0.15, -0.1) is 0 Å². The van der Waals surface area contributed by atoms with E-state index in [1.54, 1.807) is 0 Å². The molecular formula is C58H66BN3Si. The van der Waals surface area contributed by atoms with Crippen molar-refractivity contribution in [3.05, 3.63) is 143 Å². The molecule has 0 N–H and O–H groups in total. The van der Waals surface area contributed by atoms with Crippen LogP contribution in [-0.4, -0.2) is 20.3 Å². The number of hydrogen-bond acceptors (Lipinski definition) is 3. The lowest BCUT2D eigenvalue weighted by Crippen LogP contribution is -2.67. The van der Waals surface area contributed by atoms with Gasteiger partial charge in [-0.25, -0.2) is 0 Å². The Morgan fingerprint density at radius 3 is 1.56 bits per heavy atom. The maximum absolute atomic E-state index is 2.80. The van der Waals surface area contributed by atoms with E-state index >= 15 is 0 Å². The van der Waals surface area contributed by atoms with Crippen molar-refractivity contribution < 1.29 is 0 Å². The molecule has 3 nitrogen and oxygen atoms in total. The van der Waals surface area contributed by atoms with Gasteiger partial charge in [-0.1, -0.05) is 161 Å². The summed E-state index contributed by atoms with van der Waals surface area (Å²) in [6.45, 7) is 31.8. The first kappa shape index (κ1) is 40.8. The summed E-state index contributed by atoms with van der Waals surface area (Å²) in [6, 6.07) is 46.2. The first-order chi connectivity index (χ1) is 29.6. The van der Waals surface area contributed by atoms with Crippen LogP contribution in [0.2, 0.25) is 19.6 Å². The molecule has 2 unspecified atom stereocenters. The van der Waals surface area contributed by atoms with Gasteiger partial charge in [0.15, 0.2) is 0 Å². The van der Waals surface area contributed by atoms with Gasteiger partial charge in [0.25, 0.3) is 6.71 Å². The summed E-state index contributed by atoms with van der Waals surface area (Å²) in [5.74, 6) is 0. The molecule has 0 spiro atoms. The molecule has 0 amide bonds. The van der Waals surface area contributed by atoms with Crippen LogP contribution < -0.4 is 36.3 Å². The van der Waals surface area contributed by atoms with Gasteiger partial charge >= 0.3 is 0 Å². The molecule has 0 saturated heterocycles. The largest absolute Gasteiger partial charge is 0.334 e. The Morgan fingerprint density at radius 1 is 0.492 bits per heavy atom. The zero-order chi connectivity index (χ0) is 44.4. The predicted molar refractivity (Wildman–Crippen MR) is 276 cm³/mol. The van der Waals surface area contributed by atoms with Crippen LogP contribution in [0, 0.1) is 0 Å². The fourth-order valence-corrected chi connectivity index (χ4v) is 14.0. The highest BCUT2D eigenvalue weighted by molar-refractivity contribution is 7.01. The monoisotopic (exact) mass is 844 g/mol. The zero-order valence-corrected chi connectivity index (χ0v) is 41.2. The fraction of sp³-hybridized carbons (Fsp3) is 0.379. The van der Waals surface area contributed by atoms with E-state index in [-0.39, 0.29) is 33.9 Å². The van der Waals surface area contributed by atoms with Crippen molar-refractivity contribution in [2.24, 2.45) is 0 Å². The number of rotatable bonds is 4. The highest BCUT2D eigenvalue weighted by Crippen LogP contribution is 2.62. The molecule has 11 rings (SSSR count). The second-order valence-electron chi connectivity index (χ2n) is 23.8. The predicted octanol–water partition coefficient (Wildman–Crippen LogP) is 13.3. The van der Waals surface area contributed by atoms with Gasteiger partial charge in [0.2, 0.25) is 0 Å². The average Bonchev–Trinajstić information content (AvgIpc) is 3.44. The van der Waals surface area contributed by atoms with Gasteiger partial charge in [-0.05, 0) is 129 Å². The first-order valence-electron chi connectivity index (χ1n) is 23.9. The molecule has 1 saturated carbocycles. The molecule has 1 aliphatic carbocycles. The van der Waals surface area contributed by atoms with Crippen LogP contribution in [0.5, 0.6) is 0 Å². The van der Waals surface area contributed by atoms with E-state index in [0.717, 1.165) is 6.42 Å². The Balaban J connectivity index is 1.29. The van der Waals surface area contributed by atoms with Crippen LogP contribution in [-0.2, 0) is 21.7 Å². The normalized spacial score (nSPS) is 21.6. The lowest BCUT2D eigenvalue weighted by Gasteiger charge is -2.52. The molecule has 0 radical (unpaired) electrons. The van der Waals surface area contributed by atoms with Gasteiger partial charge in [0.05, 0.1) is 13.6 Å². The summed E-state index contributed by atoms with van der Waals surface area (Å²) in [7, 11) is -1.53. The van der Waals surface area contributed by atoms with E-state index in [2.05, 4.69) is 219 Å². The van der Waals surface area contributed by atoms with E-state index in [1.807, 2.05) is 0 Å². The molecule has 1 fully saturated rings. The average molecular weight is 844 g/mol. The first-order valence-corrected chi connectivity index (χ1v) is 27.4. The fourth-order valence-electron chi connectivity index (χ4n) is 12.8. The number of fused-ring (bicyclic) bond motifs is 3. The van der Waals surface area contributed by atoms with E-state index in [4.69, 9.17) is 0 Å². The topological polar surface area (TPSA) is 9.72 Å². The lowest BCUT2D eigenvalue weighted by atomic mass is 9.28. The molecular weight excluding hydrogens is 778 g/mol. The van der Waals surface area contributed by atoms with Crippen LogP contribution in [0.4, 0.5) is 45.5 Å². The summed E-state index contributed by atoms with van der Waals surface area (Å²) < 4.78 is 0. The lowest BCUT2D eigenvalue weighted by molar-refractivity contribution is 0.195. The molecule has 6 aromatic carbocycles. The highest BCUT2D eigenvalue weighted by Gasteiger charge is 2.58. The molecule has 4 aliphatic heterocycles.